The van der Waals surface area contributed by atoms with Crippen molar-refractivity contribution < 1.29 is 4.79 Å². The molecule has 0 saturated heterocycles. The Labute approximate surface area is 99.1 Å². The highest BCUT2D eigenvalue weighted by molar-refractivity contribution is 14.1. The summed E-state index contributed by atoms with van der Waals surface area (Å²) >= 11 is 3.54. The highest BCUT2D eigenvalue weighted by atomic mass is 127. The number of halogens is 1. The van der Waals surface area contributed by atoms with Gasteiger partial charge in [0.05, 0.1) is 10.6 Å². The van der Waals surface area contributed by atoms with Crippen molar-refractivity contribution in [3.05, 3.63) is 38.2 Å². The molecule has 2 rings (SSSR count). The van der Waals surface area contributed by atoms with Crippen molar-refractivity contribution in [2.45, 2.75) is 0 Å². The molecule has 0 atom stereocenters. The van der Waals surface area contributed by atoms with E-state index in [2.05, 4.69) is 27.6 Å². The average molecular weight is 315 g/mol. The molecule has 0 amide bonds. The Morgan fingerprint density at radius 3 is 2.64 bits per heavy atom. The lowest BCUT2D eigenvalue weighted by atomic mass is 10.1. The number of aromatic nitrogens is 1. The number of hydrogen-bond donors (Lipinski definition) is 0. The maximum Gasteiger partial charge on any atom is 0.162 e. The van der Waals surface area contributed by atoms with Gasteiger partial charge in [-0.3, -0.25) is 4.79 Å². The average Bonchev–Trinajstić information content (AvgIpc) is 2.61. The van der Waals surface area contributed by atoms with Crippen LogP contribution in [-0.4, -0.2) is 11.3 Å². The zero-order valence-corrected chi connectivity index (χ0v) is 10.1. The van der Waals surface area contributed by atoms with Gasteiger partial charge >= 0.3 is 0 Å². The van der Waals surface area contributed by atoms with E-state index in [-0.39, 0.29) is 0 Å². The molecule has 0 N–H and O–H groups in total. The number of hydrogen-bond acceptors (Lipinski definition) is 3. The molecule has 4 heteroatoms. The predicted molar refractivity (Wildman–Crippen MR) is 65.7 cm³/mol. The van der Waals surface area contributed by atoms with Crippen LogP contribution in [0.2, 0.25) is 0 Å². The molecule has 2 aromatic rings. The number of carbonyl (C=O) groups is 1. The molecule has 0 aliphatic heterocycles. The second-order valence-corrected chi connectivity index (χ2v) is 5.45. The summed E-state index contributed by atoms with van der Waals surface area (Å²) in [5, 5.41) is 0. The minimum Gasteiger partial charge on any atom is -0.297 e. The molecular weight excluding hydrogens is 309 g/mol. The molecule has 0 fully saturated rings. The number of rotatable bonds is 2. The first-order valence-electron chi connectivity index (χ1n) is 3.98. The third-order valence-corrected chi connectivity index (χ3v) is 3.45. The van der Waals surface area contributed by atoms with Crippen LogP contribution in [0, 0.1) is 3.01 Å². The van der Waals surface area contributed by atoms with Gasteiger partial charge in [0.15, 0.2) is 9.30 Å². The number of benzene rings is 1. The molecule has 0 unspecified atom stereocenters. The molecule has 0 saturated carbocycles. The normalized spacial score (nSPS) is 10.1. The number of aldehydes is 1. The SMILES string of the molecule is O=Cc1sc(I)nc1-c1ccccc1. The Morgan fingerprint density at radius 2 is 2.00 bits per heavy atom. The summed E-state index contributed by atoms with van der Waals surface area (Å²) in [6, 6.07) is 9.74. The fourth-order valence-electron chi connectivity index (χ4n) is 1.19. The van der Waals surface area contributed by atoms with Crippen LogP contribution in [0.5, 0.6) is 0 Å². The molecule has 1 heterocycles. The first-order valence-corrected chi connectivity index (χ1v) is 5.87. The molecule has 1 aromatic carbocycles. The molecular formula is C10H6INOS. The van der Waals surface area contributed by atoms with Crippen LogP contribution in [0.15, 0.2) is 30.3 Å². The van der Waals surface area contributed by atoms with Crippen molar-refractivity contribution in [1.29, 1.82) is 0 Å². The number of nitrogens with zero attached hydrogens (tertiary/aromatic N) is 1. The lowest BCUT2D eigenvalue weighted by Crippen LogP contribution is -1.82. The van der Waals surface area contributed by atoms with Crippen LogP contribution in [0.4, 0.5) is 0 Å². The number of carbonyl (C=O) groups excluding carboxylic acids is 1. The Kier molecular flexibility index (Phi) is 2.93. The van der Waals surface area contributed by atoms with Gasteiger partial charge < -0.3 is 0 Å². The molecule has 2 nitrogen and oxygen atoms in total. The largest absolute Gasteiger partial charge is 0.297 e. The van der Waals surface area contributed by atoms with Crippen LogP contribution >= 0.6 is 33.9 Å². The highest BCUT2D eigenvalue weighted by Crippen LogP contribution is 2.27. The van der Waals surface area contributed by atoms with Crippen molar-refractivity contribution >= 4 is 40.2 Å². The summed E-state index contributed by atoms with van der Waals surface area (Å²) < 4.78 is 0.892. The van der Waals surface area contributed by atoms with Gasteiger partial charge in [-0.05, 0) is 22.6 Å². The topological polar surface area (TPSA) is 30.0 Å². The summed E-state index contributed by atoms with van der Waals surface area (Å²) in [5.41, 5.74) is 1.78. The van der Waals surface area contributed by atoms with E-state index in [1.807, 2.05) is 30.3 Å². The molecule has 0 spiro atoms. The first-order chi connectivity index (χ1) is 6.81. The third-order valence-electron chi connectivity index (χ3n) is 1.78. The molecule has 0 aliphatic carbocycles. The Bertz CT molecular complexity index is 452. The molecule has 0 aliphatic rings. The second kappa shape index (κ2) is 4.18. The minimum atomic E-state index is 0.695. The van der Waals surface area contributed by atoms with Gasteiger partial charge in [0, 0.05) is 5.56 Å². The predicted octanol–water partition coefficient (Wildman–Crippen LogP) is 3.23. The lowest BCUT2D eigenvalue weighted by Gasteiger charge is -1.95. The first kappa shape index (κ1) is 9.79. The van der Waals surface area contributed by atoms with E-state index >= 15 is 0 Å². The van der Waals surface area contributed by atoms with E-state index in [0.29, 0.717) is 4.88 Å². The van der Waals surface area contributed by atoms with Crippen LogP contribution < -0.4 is 0 Å². The van der Waals surface area contributed by atoms with Gasteiger partial charge in [-0.1, -0.05) is 30.3 Å². The van der Waals surface area contributed by atoms with Gasteiger partial charge in [-0.2, -0.15) is 0 Å². The molecule has 0 bridgehead atoms. The third kappa shape index (κ3) is 1.85. The zero-order chi connectivity index (χ0) is 9.97. The number of thiazole rings is 1. The van der Waals surface area contributed by atoms with Gasteiger partial charge in [0.25, 0.3) is 0 Å². The van der Waals surface area contributed by atoms with E-state index in [9.17, 15) is 4.79 Å². The highest BCUT2D eigenvalue weighted by Gasteiger charge is 2.09. The van der Waals surface area contributed by atoms with Crippen molar-refractivity contribution in [3.8, 4) is 11.3 Å². The maximum absolute atomic E-state index is 10.8. The fraction of sp³-hybridized carbons (Fsp3) is 0. The van der Waals surface area contributed by atoms with Crippen molar-refractivity contribution in [1.82, 2.24) is 4.98 Å². The van der Waals surface area contributed by atoms with Crippen LogP contribution in [0.1, 0.15) is 9.67 Å². The lowest BCUT2D eigenvalue weighted by molar-refractivity contribution is 0.112. The zero-order valence-electron chi connectivity index (χ0n) is 7.11. The van der Waals surface area contributed by atoms with E-state index in [0.717, 1.165) is 20.6 Å². The molecule has 14 heavy (non-hydrogen) atoms. The second-order valence-electron chi connectivity index (χ2n) is 2.66. The molecule has 70 valence electrons. The van der Waals surface area contributed by atoms with Crippen molar-refractivity contribution in [2.24, 2.45) is 0 Å². The van der Waals surface area contributed by atoms with Gasteiger partial charge in [0.1, 0.15) is 0 Å². The summed E-state index contributed by atoms with van der Waals surface area (Å²) in [4.78, 5) is 15.8. The van der Waals surface area contributed by atoms with Gasteiger partial charge in [-0.15, -0.1) is 11.3 Å². The van der Waals surface area contributed by atoms with Crippen LogP contribution in [-0.2, 0) is 0 Å². The Morgan fingerprint density at radius 1 is 1.29 bits per heavy atom. The summed E-state index contributed by atoms with van der Waals surface area (Å²) in [7, 11) is 0. The molecule has 1 aromatic heterocycles. The van der Waals surface area contributed by atoms with Crippen LogP contribution in [0.3, 0.4) is 0 Å². The Hall–Kier alpha value is -0.750. The van der Waals surface area contributed by atoms with E-state index < -0.39 is 0 Å². The summed E-state index contributed by atoms with van der Waals surface area (Å²) in [5.74, 6) is 0. The maximum atomic E-state index is 10.8. The minimum absolute atomic E-state index is 0.695. The summed E-state index contributed by atoms with van der Waals surface area (Å²) in [6.07, 6.45) is 0.863. The quantitative estimate of drug-likeness (QED) is 0.629. The van der Waals surface area contributed by atoms with Gasteiger partial charge in [0.2, 0.25) is 0 Å². The smallest absolute Gasteiger partial charge is 0.162 e. The molecule has 0 radical (unpaired) electrons. The van der Waals surface area contributed by atoms with Crippen molar-refractivity contribution in [3.63, 3.8) is 0 Å². The fourth-order valence-corrected chi connectivity index (χ4v) is 2.77. The van der Waals surface area contributed by atoms with Crippen molar-refractivity contribution in [2.75, 3.05) is 0 Å². The van der Waals surface area contributed by atoms with E-state index in [1.54, 1.807) is 0 Å². The Balaban J connectivity index is 2.56. The monoisotopic (exact) mass is 315 g/mol. The summed E-state index contributed by atoms with van der Waals surface area (Å²) in [6.45, 7) is 0. The van der Waals surface area contributed by atoms with Gasteiger partial charge in [-0.25, -0.2) is 4.98 Å². The van der Waals surface area contributed by atoms with Crippen LogP contribution in [0.25, 0.3) is 11.3 Å². The van der Waals surface area contributed by atoms with E-state index in [1.165, 1.54) is 11.3 Å². The standard InChI is InChI=1S/C10H6INOS/c11-10-12-9(8(6-13)14-10)7-4-2-1-3-5-7/h1-6H. The van der Waals surface area contributed by atoms with E-state index in [4.69, 9.17) is 0 Å².